The summed E-state index contributed by atoms with van der Waals surface area (Å²) in [6, 6.07) is 0.309. The van der Waals surface area contributed by atoms with Crippen LogP contribution >= 0.6 is 0 Å². The average molecular weight is 284 g/mol. The summed E-state index contributed by atoms with van der Waals surface area (Å²) in [4.78, 5) is 20.0. The van der Waals surface area contributed by atoms with Gasteiger partial charge in [0.1, 0.15) is 11.5 Å². The van der Waals surface area contributed by atoms with Crippen molar-refractivity contribution in [2.45, 2.75) is 32.7 Å². The minimum absolute atomic E-state index is 0.309. The van der Waals surface area contributed by atoms with Gasteiger partial charge in [0.2, 0.25) is 0 Å². The zero-order chi connectivity index (χ0) is 14.8. The fourth-order valence-corrected chi connectivity index (χ4v) is 2.56. The lowest BCUT2D eigenvalue weighted by Crippen LogP contribution is -2.40. The molecule has 0 aromatic carbocycles. The zero-order valence-electron chi connectivity index (χ0n) is 12.5. The second-order valence-corrected chi connectivity index (χ2v) is 5.50. The van der Waals surface area contributed by atoms with Crippen molar-refractivity contribution in [3.63, 3.8) is 0 Å². The van der Waals surface area contributed by atoms with Crippen LogP contribution in [-0.4, -0.2) is 39.1 Å². The summed E-state index contributed by atoms with van der Waals surface area (Å²) in [6.45, 7) is 5.96. The number of hydrogen-bond acceptors (Lipinski definition) is 6. The average Bonchev–Trinajstić information content (AvgIpc) is 2.52. The maximum Gasteiger partial charge on any atom is 0.182 e. The number of anilines is 1. The molecule has 3 rings (SSSR count). The first kappa shape index (κ1) is 13.9. The van der Waals surface area contributed by atoms with Crippen LogP contribution in [0.5, 0.6) is 0 Å². The lowest BCUT2D eigenvalue weighted by Gasteiger charge is -2.32. The van der Waals surface area contributed by atoms with Crippen LogP contribution in [0.25, 0.3) is 11.5 Å². The highest BCUT2D eigenvalue weighted by Gasteiger charge is 2.21. The highest BCUT2D eigenvalue weighted by atomic mass is 15.2. The molecule has 0 spiro atoms. The molecule has 0 atom stereocenters. The summed E-state index contributed by atoms with van der Waals surface area (Å²) in [7, 11) is 0. The Morgan fingerprint density at radius 2 is 1.90 bits per heavy atom. The van der Waals surface area contributed by atoms with Gasteiger partial charge in [-0.2, -0.15) is 0 Å². The van der Waals surface area contributed by atoms with Crippen LogP contribution in [-0.2, 0) is 0 Å². The van der Waals surface area contributed by atoms with E-state index in [4.69, 9.17) is 10.7 Å². The first-order valence-electron chi connectivity index (χ1n) is 7.27. The number of aryl methyl sites for hydroxylation is 1. The van der Waals surface area contributed by atoms with Crippen molar-refractivity contribution in [2.75, 3.05) is 18.0 Å². The molecule has 0 unspecified atom stereocenters. The summed E-state index contributed by atoms with van der Waals surface area (Å²) in [6.07, 6.45) is 7.01. The van der Waals surface area contributed by atoms with Crippen molar-refractivity contribution in [1.29, 1.82) is 0 Å². The molecule has 0 aliphatic carbocycles. The molecule has 21 heavy (non-hydrogen) atoms. The third-order valence-corrected chi connectivity index (χ3v) is 3.99. The number of nitrogens with zero attached hydrogens (tertiary/aromatic N) is 5. The van der Waals surface area contributed by atoms with Crippen LogP contribution in [0, 0.1) is 13.8 Å². The SMILES string of the molecule is Cc1nc(-c2cnccn2)nc(N2CCC(N)CC2)c1C. The second kappa shape index (κ2) is 5.73. The highest BCUT2D eigenvalue weighted by molar-refractivity contribution is 5.56. The lowest BCUT2D eigenvalue weighted by atomic mass is 10.1. The molecule has 0 saturated carbocycles. The third-order valence-electron chi connectivity index (χ3n) is 3.99. The zero-order valence-corrected chi connectivity index (χ0v) is 12.5. The normalized spacial score (nSPS) is 16.2. The van der Waals surface area contributed by atoms with Gasteiger partial charge in [-0.15, -0.1) is 0 Å². The van der Waals surface area contributed by atoms with E-state index in [2.05, 4.69) is 26.8 Å². The quantitative estimate of drug-likeness (QED) is 0.899. The Kier molecular flexibility index (Phi) is 3.79. The Balaban J connectivity index is 1.98. The third kappa shape index (κ3) is 2.85. The van der Waals surface area contributed by atoms with Gasteiger partial charge in [-0.05, 0) is 26.7 Å². The molecule has 6 heteroatoms. The molecule has 0 bridgehead atoms. The number of hydrogen-bond donors (Lipinski definition) is 1. The summed E-state index contributed by atoms with van der Waals surface area (Å²) >= 11 is 0. The van der Waals surface area contributed by atoms with Crippen LogP contribution in [0.3, 0.4) is 0 Å². The number of rotatable bonds is 2. The van der Waals surface area contributed by atoms with E-state index in [1.54, 1.807) is 18.6 Å². The van der Waals surface area contributed by atoms with Crippen LogP contribution in [0.1, 0.15) is 24.1 Å². The second-order valence-electron chi connectivity index (χ2n) is 5.50. The van der Waals surface area contributed by atoms with E-state index in [-0.39, 0.29) is 0 Å². The summed E-state index contributed by atoms with van der Waals surface area (Å²) < 4.78 is 0. The molecule has 2 aromatic rings. The smallest absolute Gasteiger partial charge is 0.182 e. The van der Waals surface area contributed by atoms with Gasteiger partial charge in [0.05, 0.1) is 6.20 Å². The van der Waals surface area contributed by atoms with Crippen molar-refractivity contribution in [3.05, 3.63) is 29.8 Å². The van der Waals surface area contributed by atoms with Gasteiger partial charge in [-0.25, -0.2) is 15.0 Å². The largest absolute Gasteiger partial charge is 0.356 e. The molecule has 1 aliphatic heterocycles. The van der Waals surface area contributed by atoms with Gasteiger partial charge in [0, 0.05) is 42.8 Å². The molecule has 1 saturated heterocycles. The van der Waals surface area contributed by atoms with Crippen molar-refractivity contribution in [2.24, 2.45) is 5.73 Å². The Morgan fingerprint density at radius 3 is 2.57 bits per heavy atom. The van der Waals surface area contributed by atoms with Gasteiger partial charge >= 0.3 is 0 Å². The minimum atomic E-state index is 0.309. The molecule has 3 heterocycles. The number of piperidine rings is 1. The van der Waals surface area contributed by atoms with Crippen LogP contribution < -0.4 is 10.6 Å². The molecule has 6 nitrogen and oxygen atoms in total. The molecule has 110 valence electrons. The minimum Gasteiger partial charge on any atom is -0.356 e. The number of nitrogens with two attached hydrogens (primary N) is 1. The monoisotopic (exact) mass is 284 g/mol. The predicted octanol–water partition coefficient (Wildman–Crippen LogP) is 1.48. The number of aromatic nitrogens is 4. The van der Waals surface area contributed by atoms with E-state index >= 15 is 0 Å². The van der Waals surface area contributed by atoms with E-state index in [1.807, 2.05) is 6.92 Å². The lowest BCUT2D eigenvalue weighted by molar-refractivity contribution is 0.498. The summed E-state index contributed by atoms with van der Waals surface area (Å²) in [5, 5.41) is 0. The Hall–Kier alpha value is -2.08. The van der Waals surface area contributed by atoms with Crippen LogP contribution in [0.2, 0.25) is 0 Å². The van der Waals surface area contributed by atoms with E-state index in [9.17, 15) is 0 Å². The van der Waals surface area contributed by atoms with Crippen LogP contribution in [0.15, 0.2) is 18.6 Å². The van der Waals surface area contributed by atoms with Crippen molar-refractivity contribution in [3.8, 4) is 11.5 Å². The van der Waals surface area contributed by atoms with E-state index in [0.717, 1.165) is 43.0 Å². The summed E-state index contributed by atoms with van der Waals surface area (Å²) in [5.74, 6) is 1.63. The molecular formula is C15H20N6. The van der Waals surface area contributed by atoms with E-state index in [1.165, 1.54) is 0 Å². The molecule has 2 N–H and O–H groups in total. The van der Waals surface area contributed by atoms with Gasteiger partial charge < -0.3 is 10.6 Å². The molecule has 1 fully saturated rings. The van der Waals surface area contributed by atoms with Gasteiger partial charge in [0.25, 0.3) is 0 Å². The molecule has 0 radical (unpaired) electrons. The predicted molar refractivity (Wildman–Crippen MR) is 82.0 cm³/mol. The standard InChI is InChI=1S/C15H20N6/c1-10-11(2)19-14(13-9-17-5-6-18-13)20-15(10)21-7-3-12(16)4-8-21/h5-6,9,12H,3-4,7-8,16H2,1-2H3. The molecular weight excluding hydrogens is 264 g/mol. The van der Waals surface area contributed by atoms with E-state index in [0.29, 0.717) is 17.6 Å². The Labute approximate surface area is 124 Å². The van der Waals surface area contributed by atoms with Crippen molar-refractivity contribution in [1.82, 2.24) is 19.9 Å². The van der Waals surface area contributed by atoms with Gasteiger partial charge in [-0.1, -0.05) is 0 Å². The van der Waals surface area contributed by atoms with Gasteiger partial charge in [0.15, 0.2) is 5.82 Å². The Morgan fingerprint density at radius 1 is 1.14 bits per heavy atom. The fourth-order valence-electron chi connectivity index (χ4n) is 2.56. The molecule has 0 amide bonds. The maximum atomic E-state index is 5.99. The molecule has 2 aromatic heterocycles. The first-order chi connectivity index (χ1) is 10.1. The first-order valence-corrected chi connectivity index (χ1v) is 7.27. The highest BCUT2D eigenvalue weighted by Crippen LogP contribution is 2.25. The van der Waals surface area contributed by atoms with Crippen molar-refractivity contribution >= 4 is 5.82 Å². The van der Waals surface area contributed by atoms with E-state index < -0.39 is 0 Å². The molecule has 1 aliphatic rings. The maximum absolute atomic E-state index is 5.99. The van der Waals surface area contributed by atoms with Crippen molar-refractivity contribution < 1.29 is 0 Å². The summed E-state index contributed by atoms with van der Waals surface area (Å²) in [5.41, 5.74) is 8.80. The van der Waals surface area contributed by atoms with Crippen LogP contribution in [0.4, 0.5) is 5.82 Å². The van der Waals surface area contributed by atoms with Gasteiger partial charge in [-0.3, -0.25) is 4.98 Å². The topological polar surface area (TPSA) is 80.8 Å². The fraction of sp³-hybridized carbons (Fsp3) is 0.467. The Bertz CT molecular complexity index is 620.